The average molecular weight is 596 g/mol. The highest BCUT2D eigenvalue weighted by Crippen LogP contribution is 2.31. The summed E-state index contributed by atoms with van der Waals surface area (Å²) in [7, 11) is -4.74. The summed E-state index contributed by atoms with van der Waals surface area (Å²) in [6, 6.07) is 15.4. The molecule has 0 heterocycles. The van der Waals surface area contributed by atoms with Gasteiger partial charge >= 0.3 is 6.09 Å². The molecule has 0 saturated carbocycles. The van der Waals surface area contributed by atoms with Crippen LogP contribution in [-0.2, 0) is 26.2 Å². The summed E-state index contributed by atoms with van der Waals surface area (Å²) in [6.45, 7) is 1.62. The van der Waals surface area contributed by atoms with Crippen molar-refractivity contribution >= 4 is 33.6 Å². The Morgan fingerprint density at radius 2 is 1.65 bits per heavy atom. The number of nitrogens with one attached hydrogen (secondary N) is 1. The van der Waals surface area contributed by atoms with E-state index in [2.05, 4.69) is 6.58 Å². The minimum atomic E-state index is -4.74. The van der Waals surface area contributed by atoms with E-state index in [0.29, 0.717) is 27.0 Å². The van der Waals surface area contributed by atoms with E-state index < -0.39 is 57.4 Å². The number of amides is 2. The minimum Gasteiger partial charge on any atom is -0.451 e. The topological polar surface area (TPSA) is 125 Å². The summed E-state index contributed by atoms with van der Waals surface area (Å²) >= 11 is 5.78. The van der Waals surface area contributed by atoms with Gasteiger partial charge in [0.25, 0.3) is 5.91 Å². The SMILES string of the molecule is C=CN(CCN(CC(=O)NO)S(=O)(=O)c1cc(F)c(Oc2ccc(Cl)cc2)c(F)c1)C(=O)OCc1ccccc1. The monoisotopic (exact) mass is 595 g/mol. The fourth-order valence-corrected chi connectivity index (χ4v) is 4.85. The standard InChI is InChI=1S/C26H24ClF2N3O7S/c1-2-31(26(34)38-17-18-6-4-3-5-7-18)12-13-32(16-24(33)30-35)40(36,37)21-14-22(28)25(23(29)15-21)39-20-10-8-19(27)9-11-20/h2-11,14-15,35H,1,12-13,16-17H2,(H,30,33). The van der Waals surface area contributed by atoms with Gasteiger partial charge in [-0.25, -0.2) is 27.5 Å². The van der Waals surface area contributed by atoms with E-state index in [-0.39, 0.29) is 18.9 Å². The second-order valence-corrected chi connectivity index (χ2v) is 10.4. The lowest BCUT2D eigenvalue weighted by Gasteiger charge is -2.25. The number of nitrogens with zero attached hydrogens (tertiary/aromatic N) is 2. The van der Waals surface area contributed by atoms with Gasteiger partial charge in [0.05, 0.1) is 11.4 Å². The second kappa shape index (κ2) is 13.8. The van der Waals surface area contributed by atoms with Crippen LogP contribution >= 0.6 is 11.6 Å². The van der Waals surface area contributed by atoms with Crippen LogP contribution in [-0.4, -0.2) is 54.5 Å². The van der Waals surface area contributed by atoms with E-state index in [1.807, 2.05) is 0 Å². The highest BCUT2D eigenvalue weighted by Gasteiger charge is 2.30. The molecule has 0 bridgehead atoms. The van der Waals surface area contributed by atoms with Gasteiger partial charge in [-0.15, -0.1) is 0 Å². The molecule has 0 spiro atoms. The molecule has 0 saturated heterocycles. The molecule has 0 unspecified atom stereocenters. The lowest BCUT2D eigenvalue weighted by Crippen LogP contribution is -2.44. The molecule has 0 aliphatic heterocycles. The van der Waals surface area contributed by atoms with Crippen LogP contribution in [0, 0.1) is 11.6 Å². The summed E-state index contributed by atoms with van der Waals surface area (Å²) in [5, 5.41) is 9.29. The maximum absolute atomic E-state index is 14.8. The molecule has 2 N–H and O–H groups in total. The summed E-state index contributed by atoms with van der Waals surface area (Å²) < 4.78 is 67.1. The average Bonchev–Trinajstić information content (AvgIpc) is 2.94. The van der Waals surface area contributed by atoms with Crippen molar-refractivity contribution in [3.8, 4) is 11.5 Å². The molecule has 14 heteroatoms. The quantitative estimate of drug-likeness (QED) is 0.230. The lowest BCUT2D eigenvalue weighted by molar-refractivity contribution is -0.129. The Kier molecular flexibility index (Phi) is 10.6. The number of carbonyl (C=O) groups excluding carboxylic acids is 2. The number of hydroxylamine groups is 1. The smallest absolute Gasteiger partial charge is 0.414 e. The highest BCUT2D eigenvalue weighted by molar-refractivity contribution is 7.89. The van der Waals surface area contributed by atoms with Gasteiger partial charge < -0.3 is 9.47 Å². The van der Waals surface area contributed by atoms with Gasteiger partial charge in [-0.05, 0) is 42.0 Å². The third-order valence-electron chi connectivity index (χ3n) is 5.34. The van der Waals surface area contributed by atoms with Crippen LogP contribution in [0.4, 0.5) is 13.6 Å². The van der Waals surface area contributed by atoms with Crippen molar-refractivity contribution in [3.05, 3.63) is 102 Å². The predicted octanol–water partition coefficient (Wildman–Crippen LogP) is 4.69. The molecular formula is C26H24ClF2N3O7S. The summed E-state index contributed by atoms with van der Waals surface area (Å²) in [4.78, 5) is 24.4. The first-order chi connectivity index (χ1) is 19.0. The van der Waals surface area contributed by atoms with E-state index in [1.54, 1.807) is 30.3 Å². The number of carbonyl (C=O) groups is 2. The van der Waals surface area contributed by atoms with Crippen molar-refractivity contribution in [2.45, 2.75) is 11.5 Å². The molecule has 0 aliphatic rings. The van der Waals surface area contributed by atoms with Crippen molar-refractivity contribution in [2.24, 2.45) is 0 Å². The Bertz CT molecular complexity index is 1440. The third-order valence-corrected chi connectivity index (χ3v) is 7.41. The number of sulfonamides is 1. The number of benzene rings is 3. The van der Waals surface area contributed by atoms with Crippen LogP contribution < -0.4 is 10.2 Å². The van der Waals surface area contributed by atoms with Crippen molar-refractivity contribution in [2.75, 3.05) is 19.6 Å². The van der Waals surface area contributed by atoms with E-state index in [4.69, 9.17) is 26.3 Å². The van der Waals surface area contributed by atoms with E-state index in [0.717, 1.165) is 11.1 Å². The molecule has 3 rings (SSSR count). The maximum atomic E-state index is 14.8. The van der Waals surface area contributed by atoms with Crippen molar-refractivity contribution < 1.29 is 41.5 Å². The number of halogens is 3. The minimum absolute atomic E-state index is 0.0442. The van der Waals surface area contributed by atoms with Gasteiger partial charge in [0.1, 0.15) is 12.4 Å². The van der Waals surface area contributed by atoms with Gasteiger partial charge in [-0.3, -0.25) is 14.9 Å². The molecule has 40 heavy (non-hydrogen) atoms. The summed E-state index contributed by atoms with van der Waals surface area (Å²) in [5.41, 5.74) is 2.00. The molecule has 3 aromatic carbocycles. The maximum Gasteiger partial charge on any atom is 0.414 e. The molecule has 0 aromatic heterocycles. The van der Waals surface area contributed by atoms with Crippen LogP contribution in [0.2, 0.25) is 5.02 Å². The first-order valence-corrected chi connectivity index (χ1v) is 13.3. The molecule has 0 fully saturated rings. The summed E-state index contributed by atoms with van der Waals surface area (Å²) in [6.07, 6.45) is 0.232. The molecule has 2 amide bonds. The highest BCUT2D eigenvalue weighted by atomic mass is 35.5. The molecule has 3 aromatic rings. The fraction of sp³-hybridized carbons (Fsp3) is 0.154. The Balaban J connectivity index is 1.79. The van der Waals surface area contributed by atoms with Crippen molar-refractivity contribution in [1.82, 2.24) is 14.7 Å². The largest absolute Gasteiger partial charge is 0.451 e. The molecule has 10 nitrogen and oxygen atoms in total. The van der Waals surface area contributed by atoms with Gasteiger partial charge in [0, 0.05) is 24.3 Å². The summed E-state index contributed by atoms with van der Waals surface area (Å²) in [5.74, 6) is -4.62. The Hall–Kier alpha value is -4.04. The second-order valence-electron chi connectivity index (χ2n) is 8.06. The van der Waals surface area contributed by atoms with E-state index >= 15 is 0 Å². The third kappa shape index (κ3) is 7.99. The lowest BCUT2D eigenvalue weighted by atomic mass is 10.2. The van der Waals surface area contributed by atoms with Crippen LogP contribution in [0.1, 0.15) is 5.56 Å². The Morgan fingerprint density at radius 1 is 1.02 bits per heavy atom. The zero-order chi connectivity index (χ0) is 29.3. The zero-order valence-electron chi connectivity index (χ0n) is 20.8. The van der Waals surface area contributed by atoms with Crippen LogP contribution in [0.3, 0.4) is 0 Å². The van der Waals surface area contributed by atoms with E-state index in [1.165, 1.54) is 29.7 Å². The first kappa shape index (κ1) is 30.5. The predicted molar refractivity (Wildman–Crippen MR) is 140 cm³/mol. The first-order valence-electron chi connectivity index (χ1n) is 11.5. The van der Waals surface area contributed by atoms with E-state index in [9.17, 15) is 26.8 Å². The van der Waals surface area contributed by atoms with Gasteiger partial charge in [-0.1, -0.05) is 48.5 Å². The van der Waals surface area contributed by atoms with Crippen LogP contribution in [0.25, 0.3) is 0 Å². The Labute approximate surface area is 234 Å². The number of hydrogen-bond donors (Lipinski definition) is 2. The molecule has 0 aliphatic carbocycles. The molecule has 0 radical (unpaired) electrons. The van der Waals surface area contributed by atoms with Gasteiger partial charge in [0.2, 0.25) is 10.0 Å². The Morgan fingerprint density at radius 3 is 2.23 bits per heavy atom. The number of rotatable bonds is 12. The van der Waals surface area contributed by atoms with Crippen molar-refractivity contribution in [3.63, 3.8) is 0 Å². The normalized spacial score (nSPS) is 11.1. The zero-order valence-corrected chi connectivity index (χ0v) is 22.4. The van der Waals surface area contributed by atoms with Crippen molar-refractivity contribution in [1.29, 1.82) is 0 Å². The van der Waals surface area contributed by atoms with Crippen LogP contribution in [0.5, 0.6) is 11.5 Å². The molecular weight excluding hydrogens is 572 g/mol. The fourth-order valence-electron chi connectivity index (χ4n) is 3.31. The van der Waals surface area contributed by atoms with Crippen LogP contribution in [0.15, 0.2) is 84.4 Å². The van der Waals surface area contributed by atoms with Gasteiger partial charge in [0.15, 0.2) is 17.4 Å². The number of hydrogen-bond acceptors (Lipinski definition) is 7. The van der Waals surface area contributed by atoms with Gasteiger partial charge in [-0.2, -0.15) is 4.31 Å². The number of ether oxygens (including phenoxy) is 2. The molecule has 0 atom stereocenters. The molecule has 212 valence electrons.